The van der Waals surface area contributed by atoms with Gasteiger partial charge in [0, 0.05) is 4.48 Å². The Kier molecular flexibility index (Phi) is 6.56. The monoisotopic (exact) mass is 372 g/mol. The lowest BCUT2D eigenvalue weighted by Crippen LogP contribution is -2.24. The average Bonchev–Trinajstić information content (AvgIpc) is 2.55. The fraction of sp³-hybridized carbons (Fsp3) is 0.111. The molecule has 4 nitrogen and oxygen atoms in total. The minimum atomic E-state index is -0.318. The van der Waals surface area contributed by atoms with Gasteiger partial charge in [0.15, 0.2) is 6.61 Å². The molecule has 0 atom stereocenters. The molecule has 1 N–H and O–H groups in total. The van der Waals surface area contributed by atoms with Crippen LogP contribution in [0.1, 0.15) is 11.1 Å². The molecule has 0 unspecified atom stereocenters. The Morgan fingerprint density at radius 3 is 2.57 bits per heavy atom. The van der Waals surface area contributed by atoms with Crippen LogP contribution in [0.2, 0.25) is 0 Å². The second-order valence-electron chi connectivity index (χ2n) is 4.83. The Morgan fingerprint density at radius 1 is 1.17 bits per heavy atom. The zero-order chi connectivity index (χ0) is 16.5. The van der Waals surface area contributed by atoms with Crippen molar-refractivity contribution in [1.29, 1.82) is 0 Å². The number of amides is 1. The van der Waals surface area contributed by atoms with Gasteiger partial charge in [0.2, 0.25) is 0 Å². The normalized spacial score (nSPS) is 11.5. The van der Waals surface area contributed by atoms with Crippen LogP contribution in [0.3, 0.4) is 0 Å². The molecule has 118 valence electrons. The van der Waals surface area contributed by atoms with Crippen molar-refractivity contribution in [2.45, 2.75) is 6.92 Å². The van der Waals surface area contributed by atoms with Gasteiger partial charge in [-0.15, -0.1) is 0 Å². The van der Waals surface area contributed by atoms with E-state index in [0.29, 0.717) is 5.75 Å². The highest BCUT2D eigenvalue weighted by Gasteiger charge is 2.01. The number of hydrogen-bond donors (Lipinski definition) is 1. The number of ether oxygens (including phenoxy) is 1. The lowest BCUT2D eigenvalue weighted by Gasteiger charge is -2.04. The van der Waals surface area contributed by atoms with Gasteiger partial charge in [0.1, 0.15) is 5.75 Å². The van der Waals surface area contributed by atoms with Crippen LogP contribution < -0.4 is 10.2 Å². The number of hydrazone groups is 1. The number of nitrogens with zero attached hydrogens (tertiary/aromatic N) is 1. The summed E-state index contributed by atoms with van der Waals surface area (Å²) in [4.78, 5) is 11.6. The zero-order valence-electron chi connectivity index (χ0n) is 12.7. The third-order valence-corrected chi connectivity index (χ3v) is 3.31. The van der Waals surface area contributed by atoms with E-state index in [1.165, 1.54) is 6.21 Å². The second kappa shape index (κ2) is 8.90. The number of carbonyl (C=O) groups excluding carboxylic acids is 1. The third kappa shape index (κ3) is 6.48. The molecule has 2 rings (SSSR count). The van der Waals surface area contributed by atoms with E-state index in [0.717, 1.165) is 15.6 Å². The maximum atomic E-state index is 11.6. The molecule has 0 saturated heterocycles. The molecule has 2 aromatic rings. The summed E-state index contributed by atoms with van der Waals surface area (Å²) in [6, 6.07) is 17.3. The number of carbonyl (C=O) groups is 1. The first-order chi connectivity index (χ1) is 11.1. The highest BCUT2D eigenvalue weighted by Crippen LogP contribution is 2.11. The van der Waals surface area contributed by atoms with E-state index in [-0.39, 0.29) is 12.5 Å². The van der Waals surface area contributed by atoms with E-state index >= 15 is 0 Å². The zero-order valence-corrected chi connectivity index (χ0v) is 14.3. The predicted molar refractivity (Wildman–Crippen MR) is 96.7 cm³/mol. The Labute approximate surface area is 144 Å². The summed E-state index contributed by atoms with van der Waals surface area (Å²) in [5.74, 6) is 0.335. The van der Waals surface area contributed by atoms with Crippen LogP contribution in [-0.4, -0.2) is 18.7 Å². The number of rotatable bonds is 6. The summed E-state index contributed by atoms with van der Waals surface area (Å²) >= 11 is 3.38. The van der Waals surface area contributed by atoms with Crippen LogP contribution in [0, 0.1) is 6.92 Å². The van der Waals surface area contributed by atoms with Crippen molar-refractivity contribution >= 4 is 34.1 Å². The van der Waals surface area contributed by atoms with Crippen LogP contribution in [-0.2, 0) is 4.79 Å². The summed E-state index contributed by atoms with van der Waals surface area (Å²) in [6.45, 7) is 1.91. The van der Waals surface area contributed by atoms with Crippen molar-refractivity contribution in [2.75, 3.05) is 6.61 Å². The Balaban J connectivity index is 1.77. The molecular weight excluding hydrogens is 356 g/mol. The quantitative estimate of drug-likeness (QED) is 0.617. The van der Waals surface area contributed by atoms with E-state index in [4.69, 9.17) is 4.74 Å². The third-order valence-electron chi connectivity index (χ3n) is 2.87. The maximum absolute atomic E-state index is 11.6. The molecule has 0 aliphatic heterocycles. The Morgan fingerprint density at radius 2 is 1.87 bits per heavy atom. The summed E-state index contributed by atoms with van der Waals surface area (Å²) in [5, 5.41) is 3.87. The van der Waals surface area contributed by atoms with E-state index in [9.17, 15) is 4.79 Å². The molecule has 0 aromatic heterocycles. The Hall–Kier alpha value is -2.40. The largest absolute Gasteiger partial charge is 0.484 e. The van der Waals surface area contributed by atoms with Crippen molar-refractivity contribution in [3.05, 3.63) is 70.2 Å². The van der Waals surface area contributed by atoms with Crippen LogP contribution in [0.5, 0.6) is 5.75 Å². The maximum Gasteiger partial charge on any atom is 0.277 e. The molecule has 0 spiro atoms. The predicted octanol–water partition coefficient (Wildman–Crippen LogP) is 3.91. The van der Waals surface area contributed by atoms with Crippen molar-refractivity contribution in [3.63, 3.8) is 0 Å². The lowest BCUT2D eigenvalue weighted by atomic mass is 10.2. The molecule has 0 saturated carbocycles. The summed E-state index contributed by atoms with van der Waals surface area (Å²) in [7, 11) is 0. The molecular formula is C18H17BrN2O2. The lowest BCUT2D eigenvalue weighted by molar-refractivity contribution is -0.123. The van der Waals surface area contributed by atoms with Gasteiger partial charge in [0.05, 0.1) is 6.21 Å². The topological polar surface area (TPSA) is 50.7 Å². The van der Waals surface area contributed by atoms with Gasteiger partial charge in [-0.25, -0.2) is 5.43 Å². The molecule has 0 bridgehead atoms. The number of halogens is 1. The molecule has 5 heteroatoms. The molecule has 23 heavy (non-hydrogen) atoms. The Bertz CT molecular complexity index is 695. The number of allylic oxidation sites excluding steroid dienone is 1. The van der Waals surface area contributed by atoms with E-state index < -0.39 is 0 Å². The van der Waals surface area contributed by atoms with E-state index in [1.807, 2.05) is 67.6 Å². The van der Waals surface area contributed by atoms with Gasteiger partial charge < -0.3 is 4.74 Å². The minimum Gasteiger partial charge on any atom is -0.484 e. The number of benzene rings is 2. The van der Waals surface area contributed by atoms with Crippen LogP contribution in [0.4, 0.5) is 0 Å². The first kappa shape index (κ1) is 17.0. The first-order valence-electron chi connectivity index (χ1n) is 7.07. The average molecular weight is 373 g/mol. The molecule has 0 aliphatic carbocycles. The van der Waals surface area contributed by atoms with Crippen molar-refractivity contribution < 1.29 is 9.53 Å². The summed E-state index contributed by atoms with van der Waals surface area (Å²) < 4.78 is 6.12. The van der Waals surface area contributed by atoms with Gasteiger partial charge in [-0.05, 0) is 46.6 Å². The van der Waals surface area contributed by atoms with Gasteiger partial charge >= 0.3 is 0 Å². The molecule has 0 fully saturated rings. The first-order valence-corrected chi connectivity index (χ1v) is 7.86. The van der Waals surface area contributed by atoms with Crippen molar-refractivity contribution in [2.24, 2.45) is 5.10 Å². The fourth-order valence-electron chi connectivity index (χ4n) is 1.73. The van der Waals surface area contributed by atoms with E-state index in [1.54, 1.807) is 0 Å². The van der Waals surface area contributed by atoms with Gasteiger partial charge in [-0.2, -0.15) is 5.10 Å². The standard InChI is InChI=1S/C18H17BrN2O2/c1-14-7-9-17(10-8-14)23-13-18(22)21-20-12-16(19)11-15-5-3-2-4-6-15/h2-12H,13H2,1H3,(H,21,22)/b16-11-,20-12-. The van der Waals surface area contributed by atoms with Crippen LogP contribution in [0.15, 0.2) is 64.2 Å². The van der Waals surface area contributed by atoms with Gasteiger partial charge in [0.25, 0.3) is 5.91 Å². The van der Waals surface area contributed by atoms with Gasteiger partial charge in [-0.3, -0.25) is 4.79 Å². The molecule has 0 aliphatic rings. The number of nitrogens with one attached hydrogen (secondary N) is 1. The van der Waals surface area contributed by atoms with Crippen LogP contribution in [0.25, 0.3) is 6.08 Å². The van der Waals surface area contributed by atoms with Crippen molar-refractivity contribution in [3.8, 4) is 5.75 Å². The van der Waals surface area contributed by atoms with Crippen LogP contribution >= 0.6 is 15.9 Å². The molecule has 0 heterocycles. The van der Waals surface area contributed by atoms with E-state index in [2.05, 4.69) is 26.5 Å². The van der Waals surface area contributed by atoms with Crippen molar-refractivity contribution in [1.82, 2.24) is 5.43 Å². The second-order valence-corrected chi connectivity index (χ2v) is 5.75. The molecule has 0 radical (unpaired) electrons. The minimum absolute atomic E-state index is 0.0829. The summed E-state index contributed by atoms with van der Waals surface area (Å²) in [6.07, 6.45) is 3.43. The van der Waals surface area contributed by atoms with Gasteiger partial charge in [-0.1, -0.05) is 48.0 Å². The number of hydrogen-bond acceptors (Lipinski definition) is 3. The highest BCUT2D eigenvalue weighted by atomic mass is 79.9. The molecule has 2 aromatic carbocycles. The SMILES string of the molecule is Cc1ccc(OCC(=O)N/N=C\C(Br)=C\c2ccccc2)cc1. The molecule has 1 amide bonds. The smallest absolute Gasteiger partial charge is 0.277 e. The summed E-state index contributed by atoms with van der Waals surface area (Å²) in [5.41, 5.74) is 4.60. The highest BCUT2D eigenvalue weighted by molar-refractivity contribution is 9.12. The number of aryl methyl sites for hydroxylation is 1. The fourth-order valence-corrected chi connectivity index (χ4v) is 2.09.